The highest BCUT2D eigenvalue weighted by Crippen LogP contribution is 2.38. The monoisotopic (exact) mass is 511 g/mol. The van der Waals surface area contributed by atoms with Crippen LogP contribution in [0.5, 0.6) is 0 Å². The van der Waals surface area contributed by atoms with Crippen LogP contribution in [-0.2, 0) is 4.74 Å². The lowest BCUT2D eigenvalue weighted by Crippen LogP contribution is -1.99. The van der Waals surface area contributed by atoms with Gasteiger partial charge in [0.15, 0.2) is 0 Å². The summed E-state index contributed by atoms with van der Waals surface area (Å²) in [6.07, 6.45) is 3.67. The maximum atomic E-state index is 6.26. The van der Waals surface area contributed by atoms with Crippen LogP contribution in [0.4, 0.5) is 0 Å². The van der Waals surface area contributed by atoms with E-state index in [0.29, 0.717) is 0 Å². The van der Waals surface area contributed by atoms with Gasteiger partial charge < -0.3 is 9.30 Å². The van der Waals surface area contributed by atoms with Crippen LogP contribution in [0.3, 0.4) is 0 Å². The van der Waals surface area contributed by atoms with E-state index < -0.39 is 0 Å². The largest absolute Gasteiger partial charge is 0.496 e. The molecule has 0 N–H and O–H groups in total. The zero-order chi connectivity index (χ0) is 25.6. The van der Waals surface area contributed by atoms with Crippen molar-refractivity contribution in [2.45, 2.75) is 12.8 Å². The molecule has 3 heteroatoms. The fraction of sp³-hybridized carbons (Fsp3) is 0.0857. The molecule has 1 aliphatic carbocycles. The number of benzene rings is 5. The summed E-state index contributed by atoms with van der Waals surface area (Å²) in [5, 5.41) is 5.86. The summed E-state index contributed by atoms with van der Waals surface area (Å²) in [5.74, 6) is 0.857. The molecule has 0 unspecified atom stereocenters. The predicted octanol–water partition coefficient (Wildman–Crippen LogP) is 9.88. The zero-order valence-electron chi connectivity index (χ0n) is 21.1. The van der Waals surface area contributed by atoms with Crippen molar-refractivity contribution < 1.29 is 4.74 Å². The molecule has 5 aromatic carbocycles. The van der Waals surface area contributed by atoms with Gasteiger partial charge in [-0.2, -0.15) is 0 Å². The highest BCUT2D eigenvalue weighted by atomic mass is 35.5. The van der Waals surface area contributed by atoms with Gasteiger partial charge in [0.1, 0.15) is 5.76 Å². The van der Waals surface area contributed by atoms with Crippen LogP contribution < -0.4 is 0 Å². The molecule has 0 radical (unpaired) electrons. The van der Waals surface area contributed by atoms with E-state index in [4.69, 9.17) is 16.3 Å². The Morgan fingerprint density at radius 2 is 1.32 bits per heavy atom. The van der Waals surface area contributed by atoms with Gasteiger partial charge in [-0.15, -0.1) is 0 Å². The van der Waals surface area contributed by atoms with E-state index in [-0.39, 0.29) is 0 Å². The Labute approximate surface area is 227 Å². The van der Waals surface area contributed by atoms with Gasteiger partial charge in [-0.05, 0) is 59.2 Å². The maximum Gasteiger partial charge on any atom is 0.123 e. The summed E-state index contributed by atoms with van der Waals surface area (Å²) in [6, 6.07) is 39.5. The molecule has 38 heavy (non-hydrogen) atoms. The summed E-state index contributed by atoms with van der Waals surface area (Å²) in [6.45, 7) is 0. The van der Waals surface area contributed by atoms with Gasteiger partial charge in [-0.1, -0.05) is 103 Å². The number of allylic oxidation sites excluding steroid dienone is 3. The number of aromatic nitrogens is 1. The zero-order valence-corrected chi connectivity index (χ0v) is 21.9. The van der Waals surface area contributed by atoms with Crippen molar-refractivity contribution in [3.8, 4) is 16.8 Å². The lowest BCUT2D eigenvalue weighted by molar-refractivity contribution is 0.306. The Morgan fingerprint density at radius 1 is 0.632 bits per heavy atom. The first-order valence-electron chi connectivity index (χ1n) is 13.0. The van der Waals surface area contributed by atoms with E-state index in [1.54, 1.807) is 7.11 Å². The minimum atomic E-state index is 0.845. The van der Waals surface area contributed by atoms with Gasteiger partial charge in [-0.25, -0.2) is 0 Å². The maximum absolute atomic E-state index is 6.26. The summed E-state index contributed by atoms with van der Waals surface area (Å²) in [5.41, 5.74) is 8.39. The molecule has 0 saturated heterocycles. The van der Waals surface area contributed by atoms with E-state index in [0.717, 1.165) is 23.6 Å². The van der Waals surface area contributed by atoms with E-state index in [9.17, 15) is 0 Å². The molecule has 184 valence electrons. The van der Waals surface area contributed by atoms with Crippen molar-refractivity contribution in [3.05, 3.63) is 132 Å². The molecule has 0 spiro atoms. The molecule has 2 nitrogen and oxygen atoms in total. The molecular formula is C35H26ClNO. The lowest BCUT2D eigenvalue weighted by Gasteiger charge is -2.17. The van der Waals surface area contributed by atoms with Crippen molar-refractivity contribution in [1.29, 1.82) is 0 Å². The summed E-state index contributed by atoms with van der Waals surface area (Å²) in [4.78, 5) is 0. The molecule has 1 aliphatic rings. The molecule has 1 aromatic heterocycles. The number of rotatable bonds is 4. The molecule has 0 amide bonds. The molecular weight excluding hydrogens is 486 g/mol. The number of nitrogens with zero attached hydrogens (tertiary/aromatic N) is 1. The average molecular weight is 512 g/mol. The quantitative estimate of drug-likeness (QED) is 0.229. The van der Waals surface area contributed by atoms with Crippen molar-refractivity contribution in [3.63, 3.8) is 0 Å². The predicted molar refractivity (Wildman–Crippen MR) is 161 cm³/mol. The first-order chi connectivity index (χ1) is 18.7. The van der Waals surface area contributed by atoms with Crippen LogP contribution in [0, 0.1) is 0 Å². The Bertz CT molecular complexity index is 1900. The minimum absolute atomic E-state index is 0.845. The van der Waals surface area contributed by atoms with E-state index in [1.165, 1.54) is 60.5 Å². The summed E-state index contributed by atoms with van der Waals surface area (Å²) >= 11 is 6.26. The Kier molecular flexibility index (Phi) is 5.56. The van der Waals surface area contributed by atoms with E-state index in [1.807, 2.05) is 6.08 Å². The Hall–Kier alpha value is -4.27. The number of hydrogen-bond acceptors (Lipinski definition) is 1. The Morgan fingerprint density at radius 3 is 2.16 bits per heavy atom. The molecule has 0 aliphatic heterocycles. The summed E-state index contributed by atoms with van der Waals surface area (Å²) in [7, 11) is 1.71. The number of methoxy groups -OCH3 is 1. The third-order valence-electron chi connectivity index (χ3n) is 7.67. The topological polar surface area (TPSA) is 14.2 Å². The third kappa shape index (κ3) is 3.72. The van der Waals surface area contributed by atoms with Gasteiger partial charge >= 0.3 is 0 Å². The first kappa shape index (κ1) is 22.9. The number of ether oxygens (including phenoxy) is 1. The second kappa shape index (κ2) is 9.24. The van der Waals surface area contributed by atoms with Gasteiger partial charge in [0.2, 0.25) is 0 Å². The number of fused-ring (bicyclic) bond motifs is 4. The smallest absolute Gasteiger partial charge is 0.123 e. The van der Waals surface area contributed by atoms with Crippen LogP contribution >= 0.6 is 11.6 Å². The van der Waals surface area contributed by atoms with Crippen molar-refractivity contribution in [2.24, 2.45) is 0 Å². The molecule has 7 rings (SSSR count). The van der Waals surface area contributed by atoms with Crippen LogP contribution in [0.15, 0.2) is 126 Å². The fourth-order valence-electron chi connectivity index (χ4n) is 5.81. The average Bonchev–Trinajstić information content (AvgIpc) is 3.30. The minimum Gasteiger partial charge on any atom is -0.496 e. The van der Waals surface area contributed by atoms with Crippen molar-refractivity contribution >= 4 is 49.8 Å². The number of hydrogen-bond donors (Lipinski definition) is 0. The fourth-order valence-corrected chi connectivity index (χ4v) is 6.01. The Balaban J connectivity index is 1.40. The molecule has 0 bridgehead atoms. The summed E-state index contributed by atoms with van der Waals surface area (Å²) < 4.78 is 8.04. The molecule has 0 fully saturated rings. The highest BCUT2D eigenvalue weighted by molar-refractivity contribution is 6.30. The molecule has 1 heterocycles. The lowest BCUT2D eigenvalue weighted by atomic mass is 9.94. The second-order valence-electron chi connectivity index (χ2n) is 9.80. The number of halogens is 1. The SMILES string of the molecule is COC1=C(c2ccc(-c3ccc4c5ccccc5n(-c5cccc6ccccc56)c4c3)cc2)CCC(Cl)=C1. The van der Waals surface area contributed by atoms with Crippen LogP contribution in [0.1, 0.15) is 18.4 Å². The highest BCUT2D eigenvalue weighted by Gasteiger charge is 2.17. The molecule has 0 atom stereocenters. The van der Waals surface area contributed by atoms with E-state index in [2.05, 4.69) is 114 Å². The van der Waals surface area contributed by atoms with Gasteiger partial charge in [-0.3, -0.25) is 0 Å². The third-order valence-corrected chi connectivity index (χ3v) is 7.96. The van der Waals surface area contributed by atoms with Crippen LogP contribution in [-0.4, -0.2) is 11.7 Å². The first-order valence-corrected chi connectivity index (χ1v) is 13.3. The van der Waals surface area contributed by atoms with Gasteiger partial charge in [0.25, 0.3) is 0 Å². The molecule has 0 saturated carbocycles. The van der Waals surface area contributed by atoms with Gasteiger partial charge in [0.05, 0.1) is 23.8 Å². The van der Waals surface area contributed by atoms with Crippen LogP contribution in [0.2, 0.25) is 0 Å². The second-order valence-corrected chi connectivity index (χ2v) is 10.3. The van der Waals surface area contributed by atoms with Gasteiger partial charge in [0, 0.05) is 26.8 Å². The molecule has 6 aromatic rings. The van der Waals surface area contributed by atoms with E-state index >= 15 is 0 Å². The van der Waals surface area contributed by atoms with Crippen LogP contribution in [0.25, 0.3) is 55.0 Å². The standard InChI is InChI=1S/C35H26ClNO/c1-38-35-22-27(36)18-20-29(35)25-15-13-23(14-16-25)26-17-19-31-30-10-4-5-11-33(30)37(34(31)21-26)32-12-6-8-24-7-2-3-9-28(24)32/h2-17,19,21-22H,18,20H2,1H3. The normalized spacial score (nSPS) is 13.9. The van der Waals surface area contributed by atoms with Crippen molar-refractivity contribution in [2.75, 3.05) is 7.11 Å². The number of para-hydroxylation sites is 1. The van der Waals surface area contributed by atoms with Crippen molar-refractivity contribution in [1.82, 2.24) is 4.57 Å².